The number of morpholine rings is 1. The van der Waals surface area contributed by atoms with Crippen molar-refractivity contribution in [2.24, 2.45) is 0 Å². The number of carbonyl (C=O) groups excluding carboxylic acids is 2. The lowest BCUT2D eigenvalue weighted by atomic mass is 10.2. The summed E-state index contributed by atoms with van der Waals surface area (Å²) >= 11 is 1.55. The minimum absolute atomic E-state index is 0.0311. The highest BCUT2D eigenvalue weighted by Gasteiger charge is 2.24. The molecular formula is C24H27N5O3S. The lowest BCUT2D eigenvalue weighted by molar-refractivity contribution is -0.120. The number of rotatable bonds is 5. The maximum atomic E-state index is 12.6. The molecule has 9 heteroatoms. The first-order chi connectivity index (χ1) is 16.1. The van der Waals surface area contributed by atoms with Gasteiger partial charge in [0.25, 0.3) is 5.91 Å². The number of amides is 2. The number of aromatic amines is 1. The van der Waals surface area contributed by atoms with Crippen LogP contribution in [0.4, 0.5) is 5.69 Å². The Balaban J connectivity index is 1.37. The molecule has 4 heterocycles. The number of nitrogens with one attached hydrogen (secondary N) is 1. The molecule has 0 bridgehead atoms. The molecule has 0 atom stereocenters. The van der Waals surface area contributed by atoms with Gasteiger partial charge in [-0.15, -0.1) is 11.3 Å². The van der Waals surface area contributed by atoms with Gasteiger partial charge in [0, 0.05) is 55.8 Å². The predicted octanol–water partition coefficient (Wildman–Crippen LogP) is 3.64. The number of H-pyrrole nitrogens is 1. The number of thiazole rings is 1. The van der Waals surface area contributed by atoms with Crippen molar-refractivity contribution in [3.8, 4) is 21.8 Å². The summed E-state index contributed by atoms with van der Waals surface area (Å²) in [6, 6.07) is 9.77. The van der Waals surface area contributed by atoms with Gasteiger partial charge >= 0.3 is 0 Å². The zero-order chi connectivity index (χ0) is 22.8. The normalized spacial score (nSPS) is 16.8. The molecule has 2 fully saturated rings. The summed E-state index contributed by atoms with van der Waals surface area (Å²) < 4.78 is 5.43. The van der Waals surface area contributed by atoms with Gasteiger partial charge in [0.05, 0.1) is 24.6 Å². The van der Waals surface area contributed by atoms with Crippen molar-refractivity contribution in [1.82, 2.24) is 19.9 Å². The van der Waals surface area contributed by atoms with Gasteiger partial charge < -0.3 is 14.6 Å². The fraction of sp³-hybridized carbons (Fsp3) is 0.375. The zero-order valence-electron chi connectivity index (χ0n) is 18.6. The van der Waals surface area contributed by atoms with Crippen LogP contribution in [0.2, 0.25) is 0 Å². The van der Waals surface area contributed by atoms with E-state index in [9.17, 15) is 9.59 Å². The van der Waals surface area contributed by atoms with E-state index in [2.05, 4.69) is 4.98 Å². The van der Waals surface area contributed by atoms with Gasteiger partial charge in [0.2, 0.25) is 5.91 Å². The number of aromatic nitrogens is 2. The van der Waals surface area contributed by atoms with E-state index in [1.54, 1.807) is 23.3 Å². The topological polar surface area (TPSA) is 81.8 Å². The van der Waals surface area contributed by atoms with Crippen LogP contribution in [0.25, 0.3) is 21.8 Å². The number of hydrogen-bond acceptors (Lipinski definition) is 6. The molecule has 8 nitrogen and oxygen atoms in total. The Labute approximate surface area is 196 Å². The van der Waals surface area contributed by atoms with Crippen LogP contribution in [0.3, 0.4) is 0 Å². The van der Waals surface area contributed by atoms with Gasteiger partial charge in [-0.2, -0.15) is 0 Å². The van der Waals surface area contributed by atoms with E-state index in [4.69, 9.17) is 9.72 Å². The van der Waals surface area contributed by atoms with Crippen LogP contribution in [0, 0.1) is 0 Å². The second kappa shape index (κ2) is 9.46. The third-order valence-electron chi connectivity index (χ3n) is 6.01. The number of benzene rings is 1. The van der Waals surface area contributed by atoms with Gasteiger partial charge in [-0.25, -0.2) is 15.0 Å². The smallest absolute Gasteiger partial charge is 0.270 e. The second-order valence-corrected chi connectivity index (χ2v) is 9.14. The summed E-state index contributed by atoms with van der Waals surface area (Å²) in [5.41, 5.74) is 4.10. The maximum absolute atomic E-state index is 12.6. The maximum Gasteiger partial charge on any atom is 0.270 e. The quantitative estimate of drug-likeness (QED) is 0.622. The van der Waals surface area contributed by atoms with Crippen molar-refractivity contribution in [3.63, 3.8) is 0 Å². The van der Waals surface area contributed by atoms with Gasteiger partial charge in [0.15, 0.2) is 0 Å². The number of hydrogen-bond donors (Lipinski definition) is 1. The summed E-state index contributed by atoms with van der Waals surface area (Å²) in [5.74, 6) is 0.0192. The van der Waals surface area contributed by atoms with E-state index in [0.717, 1.165) is 53.4 Å². The van der Waals surface area contributed by atoms with Crippen LogP contribution in [-0.4, -0.2) is 71.1 Å². The van der Waals surface area contributed by atoms with Crippen LogP contribution in [0.5, 0.6) is 0 Å². The number of likely N-dealkylation sites (tertiary alicyclic amines) is 1. The largest absolute Gasteiger partial charge is 0.379 e. The monoisotopic (exact) mass is 465 g/mol. The predicted molar refractivity (Wildman–Crippen MR) is 128 cm³/mol. The highest BCUT2D eigenvalue weighted by molar-refractivity contribution is 7.13. The van der Waals surface area contributed by atoms with Gasteiger partial charge in [-0.1, -0.05) is 12.1 Å². The Kier molecular flexibility index (Phi) is 6.26. The molecule has 0 saturated carbocycles. The number of hydrazine groups is 1. The molecule has 0 spiro atoms. The van der Waals surface area contributed by atoms with Gasteiger partial charge in [-0.05, 0) is 31.0 Å². The lowest BCUT2D eigenvalue weighted by Gasteiger charge is -2.36. The SMILES string of the molecule is CC(=O)N(c1cccc(-c2nc(-c3c[nH]c(C(=O)N4CCCC4)c3)cs2)c1)N1CCOCC1. The molecule has 2 saturated heterocycles. The van der Waals surface area contributed by atoms with Crippen LogP contribution in [-0.2, 0) is 9.53 Å². The first kappa shape index (κ1) is 21.8. The number of carbonyl (C=O) groups is 2. The minimum atomic E-state index is -0.0311. The van der Waals surface area contributed by atoms with Crippen molar-refractivity contribution in [2.45, 2.75) is 19.8 Å². The van der Waals surface area contributed by atoms with Crippen LogP contribution < -0.4 is 5.01 Å². The third-order valence-corrected chi connectivity index (χ3v) is 6.90. The molecule has 2 aromatic heterocycles. The number of nitrogens with zero attached hydrogens (tertiary/aromatic N) is 4. The average Bonchev–Trinajstić information content (AvgIpc) is 3.61. The second-order valence-electron chi connectivity index (χ2n) is 8.29. The lowest BCUT2D eigenvalue weighted by Crippen LogP contribution is -2.51. The van der Waals surface area contributed by atoms with Crippen molar-refractivity contribution in [2.75, 3.05) is 44.4 Å². The Morgan fingerprint density at radius 2 is 1.88 bits per heavy atom. The molecule has 2 aliphatic heterocycles. The van der Waals surface area contributed by atoms with Crippen LogP contribution in [0.15, 0.2) is 41.9 Å². The first-order valence-electron chi connectivity index (χ1n) is 11.3. The van der Waals surface area contributed by atoms with Crippen molar-refractivity contribution < 1.29 is 14.3 Å². The van der Waals surface area contributed by atoms with E-state index in [1.807, 2.05) is 51.8 Å². The summed E-state index contributed by atoms with van der Waals surface area (Å²) in [7, 11) is 0. The van der Waals surface area contributed by atoms with Gasteiger partial charge in [0.1, 0.15) is 10.7 Å². The molecule has 1 N–H and O–H groups in total. The van der Waals surface area contributed by atoms with Crippen LogP contribution >= 0.6 is 11.3 Å². The molecule has 0 radical (unpaired) electrons. The van der Waals surface area contributed by atoms with E-state index >= 15 is 0 Å². The number of ether oxygens (including phenoxy) is 1. The Bertz CT molecular complexity index is 1140. The van der Waals surface area contributed by atoms with Crippen molar-refractivity contribution >= 4 is 28.8 Å². The molecule has 2 amide bonds. The van der Waals surface area contributed by atoms with Gasteiger partial charge in [-0.3, -0.25) is 9.59 Å². The van der Waals surface area contributed by atoms with E-state index < -0.39 is 0 Å². The molecule has 33 heavy (non-hydrogen) atoms. The van der Waals surface area contributed by atoms with Crippen molar-refractivity contribution in [1.29, 1.82) is 0 Å². The molecule has 0 aliphatic carbocycles. The fourth-order valence-electron chi connectivity index (χ4n) is 4.36. The summed E-state index contributed by atoms with van der Waals surface area (Å²) in [6.45, 7) is 5.81. The third kappa shape index (κ3) is 4.57. The highest BCUT2D eigenvalue weighted by Crippen LogP contribution is 2.32. The van der Waals surface area contributed by atoms with Crippen LogP contribution in [0.1, 0.15) is 30.3 Å². The summed E-state index contributed by atoms with van der Waals surface area (Å²) in [6.07, 6.45) is 3.98. The minimum Gasteiger partial charge on any atom is -0.379 e. The molecular weight excluding hydrogens is 438 g/mol. The molecule has 172 valence electrons. The highest BCUT2D eigenvalue weighted by atomic mass is 32.1. The zero-order valence-corrected chi connectivity index (χ0v) is 19.4. The number of anilines is 1. The Morgan fingerprint density at radius 3 is 2.64 bits per heavy atom. The molecule has 0 unspecified atom stereocenters. The van der Waals surface area contributed by atoms with E-state index in [-0.39, 0.29) is 11.8 Å². The standard InChI is InChI=1S/C24H27N5O3S/c1-17(30)29(28-9-11-32-12-10-28)20-6-4-5-18(13-20)23-26-22(16-33-23)19-14-21(25-15-19)24(31)27-7-2-3-8-27/h4-6,13-16,25H,2-3,7-12H2,1H3. The van der Waals surface area contributed by atoms with Crippen molar-refractivity contribution in [3.05, 3.63) is 47.6 Å². The summed E-state index contributed by atoms with van der Waals surface area (Å²) in [4.78, 5) is 34.9. The Hall–Kier alpha value is -3.01. The van der Waals surface area contributed by atoms with E-state index in [1.165, 1.54) is 0 Å². The average molecular weight is 466 g/mol. The summed E-state index contributed by atoms with van der Waals surface area (Å²) in [5, 5.41) is 6.62. The molecule has 5 rings (SSSR count). The molecule has 3 aromatic rings. The Morgan fingerprint density at radius 1 is 1.09 bits per heavy atom. The fourth-order valence-corrected chi connectivity index (χ4v) is 5.19. The van der Waals surface area contributed by atoms with E-state index in [0.29, 0.717) is 32.0 Å². The first-order valence-corrected chi connectivity index (χ1v) is 12.2. The molecule has 2 aliphatic rings. The molecule has 1 aromatic carbocycles.